The fourth-order valence-corrected chi connectivity index (χ4v) is 3.12. The van der Waals surface area contributed by atoms with Crippen molar-refractivity contribution >= 4 is 37.6 Å². The largest absolute Gasteiger partial charge is 0.297 e. The minimum Gasteiger partial charge on any atom is -0.297 e. The average Bonchev–Trinajstić information content (AvgIpc) is 2.04. The summed E-state index contributed by atoms with van der Waals surface area (Å²) < 4.78 is -0.186. The van der Waals surface area contributed by atoms with Crippen molar-refractivity contribution in [1.29, 1.82) is 0 Å². The maximum atomic E-state index is 11.4. The van der Waals surface area contributed by atoms with Gasteiger partial charge in [-0.1, -0.05) is 51.1 Å². The van der Waals surface area contributed by atoms with Crippen LogP contribution in [0.25, 0.3) is 0 Å². The number of alkyl halides is 2. The molecule has 0 amide bonds. The van der Waals surface area contributed by atoms with Gasteiger partial charge in [0.15, 0.2) is 5.78 Å². The molecule has 0 bridgehead atoms. The van der Waals surface area contributed by atoms with E-state index in [1.165, 1.54) is 19.3 Å². The highest BCUT2D eigenvalue weighted by Crippen LogP contribution is 2.36. The lowest BCUT2D eigenvalue weighted by molar-refractivity contribution is -0.119. The summed E-state index contributed by atoms with van der Waals surface area (Å²) in [6.07, 6.45) is 5.67. The number of ketones is 1. The normalized spacial score (nSPS) is 23.1. The first kappa shape index (κ1) is 9.72. The maximum absolute atomic E-state index is 11.4. The SMILES string of the molecule is O=C(CBr)C1(Br)CCCCC1. The molecule has 3 heteroatoms. The topological polar surface area (TPSA) is 17.1 Å². The summed E-state index contributed by atoms with van der Waals surface area (Å²) in [5, 5.41) is 0.484. The monoisotopic (exact) mass is 282 g/mol. The summed E-state index contributed by atoms with van der Waals surface area (Å²) in [4.78, 5) is 11.4. The lowest BCUT2D eigenvalue weighted by Gasteiger charge is -2.29. The molecule has 0 heterocycles. The van der Waals surface area contributed by atoms with Crippen LogP contribution < -0.4 is 0 Å². The third-order valence-electron chi connectivity index (χ3n) is 2.27. The van der Waals surface area contributed by atoms with Gasteiger partial charge in [-0.05, 0) is 12.8 Å². The molecule has 64 valence electrons. The molecule has 1 aliphatic carbocycles. The van der Waals surface area contributed by atoms with Crippen LogP contribution in [-0.2, 0) is 4.79 Å². The molecule has 0 aromatic carbocycles. The Hall–Kier alpha value is 0.630. The molecule has 1 rings (SSSR count). The predicted octanol–water partition coefficient (Wildman–Crippen LogP) is 3.05. The maximum Gasteiger partial charge on any atom is 0.160 e. The van der Waals surface area contributed by atoms with Gasteiger partial charge in [0, 0.05) is 0 Å². The van der Waals surface area contributed by atoms with Crippen molar-refractivity contribution in [2.45, 2.75) is 36.4 Å². The third kappa shape index (κ3) is 2.28. The van der Waals surface area contributed by atoms with Crippen LogP contribution >= 0.6 is 31.9 Å². The smallest absolute Gasteiger partial charge is 0.160 e. The summed E-state index contributed by atoms with van der Waals surface area (Å²) in [5.41, 5.74) is 0. The first-order valence-electron chi connectivity index (χ1n) is 3.97. The van der Waals surface area contributed by atoms with Crippen LogP contribution in [0.4, 0.5) is 0 Å². The van der Waals surface area contributed by atoms with E-state index < -0.39 is 0 Å². The van der Waals surface area contributed by atoms with Gasteiger partial charge in [0.1, 0.15) is 0 Å². The molecule has 0 aromatic heterocycles. The van der Waals surface area contributed by atoms with Crippen molar-refractivity contribution in [3.63, 3.8) is 0 Å². The number of hydrogen-bond donors (Lipinski definition) is 0. The molecule has 0 atom stereocenters. The van der Waals surface area contributed by atoms with E-state index in [0.29, 0.717) is 11.1 Å². The van der Waals surface area contributed by atoms with Gasteiger partial charge in [0.25, 0.3) is 0 Å². The fraction of sp³-hybridized carbons (Fsp3) is 0.875. The third-order valence-corrected chi connectivity index (χ3v) is 4.01. The molecule has 0 unspecified atom stereocenters. The molecule has 1 fully saturated rings. The second-order valence-electron chi connectivity index (χ2n) is 3.08. The Morgan fingerprint density at radius 3 is 2.27 bits per heavy atom. The van der Waals surface area contributed by atoms with Crippen molar-refractivity contribution in [3.05, 3.63) is 0 Å². The number of carbonyl (C=O) groups is 1. The van der Waals surface area contributed by atoms with E-state index in [0.717, 1.165) is 12.8 Å². The highest BCUT2D eigenvalue weighted by Gasteiger charge is 2.35. The molecule has 0 aromatic rings. The summed E-state index contributed by atoms with van der Waals surface area (Å²) in [6, 6.07) is 0. The molecule has 1 nitrogen and oxygen atoms in total. The average molecular weight is 284 g/mol. The number of Topliss-reactive ketones (excluding diaryl/α,β-unsaturated/α-hetero) is 1. The fourth-order valence-electron chi connectivity index (χ4n) is 1.51. The van der Waals surface area contributed by atoms with Gasteiger partial charge in [0.05, 0.1) is 9.65 Å². The molecule has 0 spiro atoms. The van der Waals surface area contributed by atoms with Crippen LogP contribution in [0, 0.1) is 0 Å². The van der Waals surface area contributed by atoms with E-state index in [1.54, 1.807) is 0 Å². The van der Waals surface area contributed by atoms with Crippen molar-refractivity contribution in [3.8, 4) is 0 Å². The van der Waals surface area contributed by atoms with E-state index in [2.05, 4.69) is 31.9 Å². The summed E-state index contributed by atoms with van der Waals surface area (Å²) in [6.45, 7) is 0. The van der Waals surface area contributed by atoms with Gasteiger partial charge in [-0.15, -0.1) is 0 Å². The van der Waals surface area contributed by atoms with Crippen molar-refractivity contribution in [2.75, 3.05) is 5.33 Å². The second-order valence-corrected chi connectivity index (χ2v) is 5.16. The Labute approximate surface area is 84.2 Å². The molecule has 0 aliphatic heterocycles. The highest BCUT2D eigenvalue weighted by atomic mass is 79.9. The number of rotatable bonds is 2. The quantitative estimate of drug-likeness (QED) is 0.712. The first-order valence-corrected chi connectivity index (χ1v) is 5.89. The van der Waals surface area contributed by atoms with E-state index in [4.69, 9.17) is 0 Å². The van der Waals surface area contributed by atoms with E-state index >= 15 is 0 Å². The Morgan fingerprint density at radius 1 is 1.27 bits per heavy atom. The molecule has 1 saturated carbocycles. The number of hydrogen-bond acceptors (Lipinski definition) is 1. The summed E-state index contributed by atoms with van der Waals surface area (Å²) in [7, 11) is 0. The minimum absolute atomic E-state index is 0.186. The Morgan fingerprint density at radius 2 is 1.82 bits per heavy atom. The number of halogens is 2. The lowest BCUT2D eigenvalue weighted by Crippen LogP contribution is -2.34. The molecular weight excluding hydrogens is 272 g/mol. The van der Waals surface area contributed by atoms with Crippen LogP contribution in [0.15, 0.2) is 0 Å². The van der Waals surface area contributed by atoms with Gasteiger partial charge in [-0.3, -0.25) is 4.79 Å². The second kappa shape index (κ2) is 4.04. The lowest BCUT2D eigenvalue weighted by atomic mass is 9.86. The molecule has 0 N–H and O–H groups in total. The van der Waals surface area contributed by atoms with Crippen LogP contribution in [0.2, 0.25) is 0 Å². The zero-order valence-electron chi connectivity index (χ0n) is 6.41. The van der Waals surface area contributed by atoms with Crippen LogP contribution in [0.1, 0.15) is 32.1 Å². The molecule has 1 aliphatic rings. The van der Waals surface area contributed by atoms with Gasteiger partial charge < -0.3 is 0 Å². The van der Waals surface area contributed by atoms with Crippen LogP contribution in [0.5, 0.6) is 0 Å². The van der Waals surface area contributed by atoms with E-state index in [1.807, 2.05) is 0 Å². The van der Waals surface area contributed by atoms with Crippen molar-refractivity contribution < 1.29 is 4.79 Å². The summed E-state index contributed by atoms with van der Waals surface area (Å²) >= 11 is 6.75. The zero-order valence-corrected chi connectivity index (χ0v) is 9.58. The Bertz CT molecular complexity index is 150. The Kier molecular flexibility index (Phi) is 3.56. The molecular formula is C8H12Br2O. The molecule has 0 saturated heterocycles. The standard InChI is InChI=1S/C8H12Br2O/c9-6-7(11)8(10)4-2-1-3-5-8/h1-6H2. The Balaban J connectivity index is 2.56. The van der Waals surface area contributed by atoms with Crippen LogP contribution in [-0.4, -0.2) is 15.4 Å². The zero-order chi connectivity index (χ0) is 8.32. The van der Waals surface area contributed by atoms with Gasteiger partial charge in [-0.2, -0.15) is 0 Å². The summed E-state index contributed by atoms with van der Waals surface area (Å²) in [5.74, 6) is 0.303. The minimum atomic E-state index is -0.186. The first-order chi connectivity index (χ1) is 5.19. The van der Waals surface area contributed by atoms with Crippen LogP contribution in [0.3, 0.4) is 0 Å². The number of carbonyl (C=O) groups excluding carboxylic acids is 1. The van der Waals surface area contributed by atoms with Crippen molar-refractivity contribution in [1.82, 2.24) is 0 Å². The van der Waals surface area contributed by atoms with Gasteiger partial charge in [-0.25, -0.2) is 0 Å². The van der Waals surface area contributed by atoms with Gasteiger partial charge >= 0.3 is 0 Å². The molecule has 0 radical (unpaired) electrons. The van der Waals surface area contributed by atoms with E-state index in [-0.39, 0.29) is 4.32 Å². The molecule has 11 heavy (non-hydrogen) atoms. The van der Waals surface area contributed by atoms with E-state index in [9.17, 15) is 4.79 Å². The van der Waals surface area contributed by atoms with Crippen molar-refractivity contribution in [2.24, 2.45) is 0 Å². The van der Waals surface area contributed by atoms with Gasteiger partial charge in [0.2, 0.25) is 0 Å². The highest BCUT2D eigenvalue weighted by molar-refractivity contribution is 9.10. The predicted molar refractivity (Wildman–Crippen MR) is 53.5 cm³/mol.